The van der Waals surface area contributed by atoms with Gasteiger partial charge in [0.2, 0.25) is 0 Å². The predicted octanol–water partition coefficient (Wildman–Crippen LogP) is 3.69. The zero-order chi connectivity index (χ0) is 21.6. The van der Waals surface area contributed by atoms with Crippen molar-refractivity contribution in [3.63, 3.8) is 0 Å². The average Bonchev–Trinajstić information content (AvgIpc) is 3.18. The number of amides is 1. The first kappa shape index (κ1) is 21.1. The molecule has 0 radical (unpaired) electrons. The van der Waals surface area contributed by atoms with Crippen LogP contribution in [0.2, 0.25) is 0 Å². The lowest BCUT2D eigenvalue weighted by Crippen LogP contribution is -2.36. The lowest BCUT2D eigenvalue weighted by molar-refractivity contribution is 0.122. The van der Waals surface area contributed by atoms with Crippen molar-refractivity contribution in [1.29, 1.82) is 0 Å². The fraction of sp³-hybridized carbons (Fsp3) is 0.273. The van der Waals surface area contributed by atoms with Gasteiger partial charge in [0.15, 0.2) is 4.80 Å². The molecule has 1 aliphatic rings. The lowest BCUT2D eigenvalue weighted by Gasteiger charge is -2.28. The minimum absolute atomic E-state index is 0.252. The van der Waals surface area contributed by atoms with Gasteiger partial charge in [-0.3, -0.25) is 0 Å². The van der Waals surface area contributed by atoms with Crippen LogP contribution in [0.15, 0.2) is 58.9 Å². The van der Waals surface area contributed by atoms with E-state index in [9.17, 15) is 9.18 Å². The Morgan fingerprint density at radius 1 is 1.13 bits per heavy atom. The van der Waals surface area contributed by atoms with E-state index < -0.39 is 6.09 Å². The summed E-state index contributed by atoms with van der Waals surface area (Å²) >= 11 is 1.46. The molecule has 0 spiro atoms. The molecule has 0 unspecified atom stereocenters. The van der Waals surface area contributed by atoms with E-state index in [4.69, 9.17) is 9.84 Å². The molecule has 31 heavy (non-hydrogen) atoms. The van der Waals surface area contributed by atoms with Gasteiger partial charge in [-0.1, -0.05) is 12.1 Å². The largest absolute Gasteiger partial charge is 0.465 e. The van der Waals surface area contributed by atoms with Crippen LogP contribution in [-0.4, -0.2) is 48.6 Å². The quantitative estimate of drug-likeness (QED) is 0.610. The number of nitrogens with one attached hydrogen (secondary N) is 1. The van der Waals surface area contributed by atoms with Crippen molar-refractivity contribution in [3.05, 3.63) is 64.5 Å². The summed E-state index contributed by atoms with van der Waals surface area (Å²) in [5.41, 5.74) is 3.76. The SMILES string of the molecule is O=C(O)NCCn1c(-c2ccc(N3CCOCC3)cc2)csc1=Nc1ccc(F)cc1. The standard InChI is InChI=1S/C22H23FN4O3S/c23-17-3-5-18(6-4-17)25-21-27(10-9-24-22(28)29)20(15-31-21)16-1-7-19(8-2-16)26-11-13-30-14-12-26/h1-8,15,24H,9-14H2,(H,28,29). The van der Waals surface area contributed by atoms with Crippen LogP contribution in [0.4, 0.5) is 20.6 Å². The lowest BCUT2D eigenvalue weighted by atomic mass is 10.1. The molecule has 4 rings (SSSR count). The molecule has 1 aromatic heterocycles. The molecule has 162 valence electrons. The van der Waals surface area contributed by atoms with Crippen molar-refractivity contribution in [1.82, 2.24) is 9.88 Å². The normalized spacial score (nSPS) is 14.6. The molecule has 7 nitrogen and oxygen atoms in total. The highest BCUT2D eigenvalue weighted by Gasteiger charge is 2.13. The molecule has 0 bridgehead atoms. The summed E-state index contributed by atoms with van der Waals surface area (Å²) in [4.78, 5) is 18.5. The number of halogens is 1. The van der Waals surface area contributed by atoms with E-state index in [0.29, 0.717) is 17.0 Å². The van der Waals surface area contributed by atoms with Crippen LogP contribution in [-0.2, 0) is 11.3 Å². The van der Waals surface area contributed by atoms with Crippen molar-refractivity contribution in [3.8, 4) is 11.3 Å². The molecule has 1 saturated heterocycles. The number of anilines is 1. The third-order valence-corrected chi connectivity index (χ3v) is 5.86. The number of carbonyl (C=O) groups is 1. The molecule has 1 aliphatic heterocycles. The number of hydrogen-bond acceptors (Lipinski definition) is 5. The fourth-order valence-electron chi connectivity index (χ4n) is 3.43. The molecular weight excluding hydrogens is 419 g/mol. The Labute approximate surface area is 183 Å². The van der Waals surface area contributed by atoms with Gasteiger partial charge in [0.25, 0.3) is 0 Å². The van der Waals surface area contributed by atoms with Crippen LogP contribution in [0.1, 0.15) is 0 Å². The number of carboxylic acid groups (broad SMARTS) is 1. The summed E-state index contributed by atoms with van der Waals surface area (Å²) < 4.78 is 20.6. The number of thiazole rings is 1. The van der Waals surface area contributed by atoms with E-state index in [0.717, 1.165) is 43.2 Å². The Balaban J connectivity index is 1.65. The predicted molar refractivity (Wildman–Crippen MR) is 118 cm³/mol. The molecule has 0 atom stereocenters. The Kier molecular flexibility index (Phi) is 6.63. The van der Waals surface area contributed by atoms with Gasteiger partial charge in [0.1, 0.15) is 5.82 Å². The Morgan fingerprint density at radius 2 is 1.84 bits per heavy atom. The van der Waals surface area contributed by atoms with Crippen molar-refractivity contribution < 1.29 is 19.0 Å². The number of benzene rings is 2. The second kappa shape index (κ2) is 9.76. The first-order chi connectivity index (χ1) is 15.1. The second-order valence-corrected chi connectivity index (χ2v) is 7.86. The van der Waals surface area contributed by atoms with Crippen LogP contribution in [0.5, 0.6) is 0 Å². The summed E-state index contributed by atoms with van der Waals surface area (Å²) in [6.07, 6.45) is -1.07. The number of morpholine rings is 1. The first-order valence-electron chi connectivity index (χ1n) is 9.99. The summed E-state index contributed by atoms with van der Waals surface area (Å²) in [6, 6.07) is 14.3. The molecule has 2 heterocycles. The second-order valence-electron chi connectivity index (χ2n) is 7.02. The van der Waals surface area contributed by atoms with Gasteiger partial charge in [-0.05, 0) is 42.0 Å². The van der Waals surface area contributed by atoms with Crippen LogP contribution >= 0.6 is 11.3 Å². The molecule has 1 amide bonds. The third kappa shape index (κ3) is 5.31. The van der Waals surface area contributed by atoms with E-state index in [1.807, 2.05) is 9.95 Å². The monoisotopic (exact) mass is 442 g/mol. The van der Waals surface area contributed by atoms with Gasteiger partial charge in [-0.25, -0.2) is 14.2 Å². The van der Waals surface area contributed by atoms with E-state index in [2.05, 4.69) is 39.5 Å². The first-order valence-corrected chi connectivity index (χ1v) is 10.9. The molecule has 3 aromatic rings. The van der Waals surface area contributed by atoms with Crippen molar-refractivity contribution in [2.75, 3.05) is 37.7 Å². The van der Waals surface area contributed by atoms with Gasteiger partial charge in [0.05, 0.1) is 24.6 Å². The molecule has 0 aliphatic carbocycles. The van der Waals surface area contributed by atoms with Gasteiger partial charge in [0, 0.05) is 37.2 Å². The summed E-state index contributed by atoms with van der Waals surface area (Å²) in [5, 5.41) is 13.3. The van der Waals surface area contributed by atoms with Gasteiger partial charge >= 0.3 is 6.09 Å². The zero-order valence-electron chi connectivity index (χ0n) is 16.8. The average molecular weight is 443 g/mol. The number of rotatable bonds is 6. The van der Waals surface area contributed by atoms with Gasteiger partial charge < -0.3 is 24.6 Å². The molecule has 2 aromatic carbocycles. The number of hydrogen-bond donors (Lipinski definition) is 2. The van der Waals surface area contributed by atoms with Crippen molar-refractivity contribution in [2.45, 2.75) is 6.54 Å². The molecule has 9 heteroatoms. The molecule has 0 saturated carbocycles. The minimum Gasteiger partial charge on any atom is -0.465 e. The molecular formula is C22H23FN4O3S. The molecule has 1 fully saturated rings. The van der Waals surface area contributed by atoms with Gasteiger partial charge in [-0.15, -0.1) is 11.3 Å². The Hall–Kier alpha value is -3.17. The van der Waals surface area contributed by atoms with Crippen LogP contribution < -0.4 is 15.0 Å². The third-order valence-electron chi connectivity index (χ3n) is 5.00. The summed E-state index contributed by atoms with van der Waals surface area (Å²) in [5.74, 6) is -0.315. The minimum atomic E-state index is -1.07. The number of nitrogens with zero attached hydrogens (tertiary/aromatic N) is 3. The smallest absolute Gasteiger partial charge is 0.404 e. The highest BCUT2D eigenvalue weighted by atomic mass is 32.1. The maximum absolute atomic E-state index is 13.2. The van der Waals surface area contributed by atoms with Crippen LogP contribution in [0.25, 0.3) is 11.3 Å². The summed E-state index contributed by atoms with van der Waals surface area (Å²) in [7, 11) is 0. The van der Waals surface area contributed by atoms with Crippen LogP contribution in [0, 0.1) is 5.82 Å². The fourth-order valence-corrected chi connectivity index (χ4v) is 4.39. The number of ether oxygens (including phenoxy) is 1. The Morgan fingerprint density at radius 3 is 2.52 bits per heavy atom. The topological polar surface area (TPSA) is 79.1 Å². The highest BCUT2D eigenvalue weighted by Crippen LogP contribution is 2.25. The maximum atomic E-state index is 13.2. The highest BCUT2D eigenvalue weighted by molar-refractivity contribution is 7.07. The van der Waals surface area contributed by atoms with Crippen molar-refractivity contribution >= 4 is 28.8 Å². The zero-order valence-corrected chi connectivity index (χ0v) is 17.6. The number of aromatic nitrogens is 1. The van der Waals surface area contributed by atoms with Gasteiger partial charge in [-0.2, -0.15) is 0 Å². The van der Waals surface area contributed by atoms with E-state index in [-0.39, 0.29) is 12.4 Å². The van der Waals surface area contributed by atoms with E-state index in [1.54, 1.807) is 12.1 Å². The van der Waals surface area contributed by atoms with E-state index >= 15 is 0 Å². The van der Waals surface area contributed by atoms with E-state index in [1.165, 1.54) is 23.5 Å². The molecule has 2 N–H and O–H groups in total. The van der Waals surface area contributed by atoms with Crippen LogP contribution in [0.3, 0.4) is 0 Å². The maximum Gasteiger partial charge on any atom is 0.404 e. The summed E-state index contributed by atoms with van der Waals surface area (Å²) in [6.45, 7) is 3.89. The Bertz CT molecular complexity index is 1090. The van der Waals surface area contributed by atoms with Crippen molar-refractivity contribution in [2.24, 2.45) is 4.99 Å².